The van der Waals surface area contributed by atoms with Gasteiger partial charge in [0.1, 0.15) is 11.3 Å². The molecule has 0 saturated carbocycles. The van der Waals surface area contributed by atoms with Crippen LogP contribution in [0.3, 0.4) is 0 Å². The van der Waals surface area contributed by atoms with Crippen LogP contribution in [-0.2, 0) is 11.2 Å². The highest BCUT2D eigenvalue weighted by molar-refractivity contribution is 5.95. The van der Waals surface area contributed by atoms with Crippen molar-refractivity contribution in [1.29, 1.82) is 0 Å². The molecule has 0 fully saturated rings. The van der Waals surface area contributed by atoms with Crippen molar-refractivity contribution in [2.75, 3.05) is 13.9 Å². The van der Waals surface area contributed by atoms with E-state index in [9.17, 15) is 9.59 Å². The zero-order valence-corrected chi connectivity index (χ0v) is 15.1. The summed E-state index contributed by atoms with van der Waals surface area (Å²) < 4.78 is 21.6. The monoisotopic (exact) mass is 376 g/mol. The van der Waals surface area contributed by atoms with Gasteiger partial charge in [-0.2, -0.15) is 0 Å². The van der Waals surface area contributed by atoms with Gasteiger partial charge in [-0.25, -0.2) is 4.79 Å². The lowest BCUT2D eigenvalue weighted by Gasteiger charge is -2.06. The molecule has 1 aliphatic carbocycles. The van der Waals surface area contributed by atoms with E-state index in [2.05, 4.69) is 0 Å². The van der Waals surface area contributed by atoms with Crippen LogP contribution in [0.25, 0.3) is 22.6 Å². The molecular formula is C22H16O6. The summed E-state index contributed by atoms with van der Waals surface area (Å²) >= 11 is 0. The molecule has 1 aliphatic heterocycles. The molecule has 2 aromatic carbocycles. The summed E-state index contributed by atoms with van der Waals surface area (Å²) in [6.07, 6.45) is 3.32. The number of rotatable bonds is 2. The summed E-state index contributed by atoms with van der Waals surface area (Å²) in [4.78, 5) is 24.7. The van der Waals surface area contributed by atoms with Crippen molar-refractivity contribution in [2.45, 2.75) is 12.8 Å². The zero-order valence-electron chi connectivity index (χ0n) is 15.1. The maximum Gasteiger partial charge on any atom is 0.337 e. The molecule has 6 heteroatoms. The van der Waals surface area contributed by atoms with Gasteiger partial charge in [-0.15, -0.1) is 0 Å². The van der Waals surface area contributed by atoms with E-state index in [4.69, 9.17) is 18.6 Å². The van der Waals surface area contributed by atoms with Crippen molar-refractivity contribution in [1.82, 2.24) is 0 Å². The first-order valence-electron chi connectivity index (χ1n) is 8.92. The Balaban J connectivity index is 1.60. The van der Waals surface area contributed by atoms with Gasteiger partial charge >= 0.3 is 5.97 Å². The quantitative estimate of drug-likeness (QED) is 0.634. The van der Waals surface area contributed by atoms with Crippen molar-refractivity contribution in [3.63, 3.8) is 0 Å². The minimum atomic E-state index is -0.481. The van der Waals surface area contributed by atoms with Crippen LogP contribution >= 0.6 is 0 Å². The lowest BCUT2D eigenvalue weighted by atomic mass is 10.1. The Morgan fingerprint density at radius 3 is 2.79 bits per heavy atom. The van der Waals surface area contributed by atoms with Gasteiger partial charge in [0.2, 0.25) is 6.79 Å². The van der Waals surface area contributed by atoms with Crippen molar-refractivity contribution < 1.29 is 23.4 Å². The molecule has 2 aliphatic rings. The zero-order chi connectivity index (χ0) is 19.3. The van der Waals surface area contributed by atoms with Crippen LogP contribution in [0.2, 0.25) is 0 Å². The topological polar surface area (TPSA) is 75.0 Å². The second-order valence-corrected chi connectivity index (χ2v) is 6.72. The lowest BCUT2D eigenvalue weighted by molar-refractivity contribution is 0.0601. The van der Waals surface area contributed by atoms with Gasteiger partial charge in [0.15, 0.2) is 16.9 Å². The van der Waals surface area contributed by atoms with E-state index in [1.807, 2.05) is 24.3 Å². The van der Waals surface area contributed by atoms with Crippen LogP contribution in [0.5, 0.6) is 11.5 Å². The molecule has 0 N–H and O–H groups in total. The fraction of sp³-hybridized carbons (Fsp3) is 0.182. The standard InChI is InChI=1S/C22H16O6/c1-25-22(24)14-4-7-17-16(10-14)20(23)15-5-3-13(21(15)28-17)8-12-2-6-18-19(9-12)27-11-26-18/h2,4,6-10H,3,5,11H2,1H3. The summed E-state index contributed by atoms with van der Waals surface area (Å²) in [5, 5.41) is 0.394. The Hall–Kier alpha value is -3.54. The third-order valence-corrected chi connectivity index (χ3v) is 5.08. The van der Waals surface area contributed by atoms with E-state index in [1.54, 1.807) is 12.1 Å². The molecule has 0 atom stereocenters. The number of esters is 1. The highest BCUT2D eigenvalue weighted by atomic mass is 16.7. The van der Waals surface area contributed by atoms with Gasteiger partial charge in [-0.05, 0) is 60.4 Å². The normalized spacial score (nSPS) is 15.8. The van der Waals surface area contributed by atoms with Gasteiger partial charge in [-0.3, -0.25) is 4.79 Å². The van der Waals surface area contributed by atoms with E-state index < -0.39 is 5.97 Å². The highest BCUT2D eigenvalue weighted by Crippen LogP contribution is 2.37. The molecule has 6 nitrogen and oxygen atoms in total. The predicted molar refractivity (Wildman–Crippen MR) is 103 cm³/mol. The molecule has 0 unspecified atom stereocenters. The number of benzene rings is 2. The molecule has 0 bridgehead atoms. The molecule has 28 heavy (non-hydrogen) atoms. The van der Waals surface area contributed by atoms with E-state index in [0.29, 0.717) is 46.4 Å². The summed E-state index contributed by atoms with van der Waals surface area (Å²) in [6, 6.07) is 10.5. The Kier molecular flexibility index (Phi) is 3.72. The number of fused-ring (bicyclic) bond motifs is 3. The lowest BCUT2D eigenvalue weighted by Crippen LogP contribution is -2.10. The van der Waals surface area contributed by atoms with Gasteiger partial charge in [0.05, 0.1) is 18.1 Å². The van der Waals surface area contributed by atoms with Gasteiger partial charge in [-0.1, -0.05) is 6.07 Å². The van der Waals surface area contributed by atoms with E-state index >= 15 is 0 Å². The van der Waals surface area contributed by atoms with Gasteiger partial charge in [0, 0.05) is 5.56 Å². The summed E-state index contributed by atoms with van der Waals surface area (Å²) in [6.45, 7) is 0.229. The largest absolute Gasteiger partial charge is 0.465 e. The van der Waals surface area contributed by atoms with E-state index in [1.165, 1.54) is 13.2 Å². The first-order chi connectivity index (χ1) is 13.6. The minimum absolute atomic E-state index is 0.101. The average molecular weight is 376 g/mol. The predicted octanol–water partition coefficient (Wildman–Crippen LogP) is 3.80. The number of ether oxygens (including phenoxy) is 3. The first kappa shape index (κ1) is 16.6. The fourth-order valence-corrected chi connectivity index (χ4v) is 3.68. The Morgan fingerprint density at radius 1 is 1.07 bits per heavy atom. The third kappa shape index (κ3) is 2.57. The molecular weight excluding hydrogens is 360 g/mol. The Morgan fingerprint density at radius 2 is 1.93 bits per heavy atom. The van der Waals surface area contributed by atoms with E-state index in [0.717, 1.165) is 16.9 Å². The van der Waals surface area contributed by atoms with Crippen LogP contribution in [0.1, 0.15) is 33.7 Å². The Labute approximate surface area is 159 Å². The van der Waals surface area contributed by atoms with Crippen LogP contribution in [0.4, 0.5) is 0 Å². The Bertz CT molecular complexity index is 1220. The molecule has 0 spiro atoms. The summed E-state index contributed by atoms with van der Waals surface area (Å²) in [7, 11) is 1.31. The second-order valence-electron chi connectivity index (χ2n) is 6.72. The molecule has 0 amide bonds. The average Bonchev–Trinajstić information content (AvgIpc) is 3.34. The smallest absolute Gasteiger partial charge is 0.337 e. The number of methoxy groups -OCH3 is 1. The summed E-state index contributed by atoms with van der Waals surface area (Å²) in [5.74, 6) is 1.57. The van der Waals surface area contributed by atoms with Crippen LogP contribution < -0.4 is 14.9 Å². The van der Waals surface area contributed by atoms with Gasteiger partial charge < -0.3 is 18.6 Å². The van der Waals surface area contributed by atoms with Crippen molar-refractivity contribution in [2.24, 2.45) is 0 Å². The van der Waals surface area contributed by atoms with Gasteiger partial charge in [0.25, 0.3) is 0 Å². The molecule has 3 aromatic rings. The maximum absolute atomic E-state index is 13.0. The molecule has 5 rings (SSSR count). The number of hydrogen-bond acceptors (Lipinski definition) is 6. The van der Waals surface area contributed by atoms with Crippen LogP contribution in [0, 0.1) is 0 Å². The van der Waals surface area contributed by atoms with Crippen LogP contribution in [0.15, 0.2) is 45.6 Å². The number of carbonyl (C=O) groups is 1. The third-order valence-electron chi connectivity index (χ3n) is 5.08. The molecule has 2 heterocycles. The fourth-order valence-electron chi connectivity index (χ4n) is 3.68. The number of carbonyl (C=O) groups excluding carboxylic acids is 1. The molecule has 0 saturated heterocycles. The SMILES string of the molecule is COC(=O)c1ccc2oc3c(c(=O)c2c1)CCC3=Cc1ccc2c(c1)OCO2. The van der Waals surface area contributed by atoms with Crippen molar-refractivity contribution >= 4 is 28.6 Å². The van der Waals surface area contributed by atoms with Crippen LogP contribution in [-0.4, -0.2) is 19.9 Å². The minimum Gasteiger partial charge on any atom is -0.465 e. The summed E-state index contributed by atoms with van der Waals surface area (Å²) in [5.41, 5.74) is 3.24. The molecule has 140 valence electrons. The molecule has 1 aromatic heterocycles. The first-order valence-corrected chi connectivity index (χ1v) is 8.92. The second kappa shape index (κ2) is 6.27. The number of allylic oxidation sites excluding steroid dienone is 1. The molecule has 0 radical (unpaired) electrons. The maximum atomic E-state index is 13.0. The number of hydrogen-bond donors (Lipinski definition) is 0. The highest BCUT2D eigenvalue weighted by Gasteiger charge is 2.25. The van der Waals surface area contributed by atoms with E-state index in [-0.39, 0.29) is 12.2 Å². The van der Waals surface area contributed by atoms with Crippen molar-refractivity contribution in [3.8, 4) is 11.5 Å². The van der Waals surface area contributed by atoms with Crippen molar-refractivity contribution in [3.05, 3.63) is 69.1 Å².